The van der Waals surface area contributed by atoms with Gasteiger partial charge in [0.1, 0.15) is 0 Å². The van der Waals surface area contributed by atoms with E-state index in [0.29, 0.717) is 5.92 Å². The Balaban J connectivity index is 1.44. The third-order valence-electron chi connectivity index (χ3n) is 5.23. The summed E-state index contributed by atoms with van der Waals surface area (Å²) < 4.78 is 0. The lowest BCUT2D eigenvalue weighted by molar-refractivity contribution is 0.255. The molecule has 1 aromatic rings. The van der Waals surface area contributed by atoms with Gasteiger partial charge in [0.05, 0.1) is 0 Å². The largest absolute Gasteiger partial charge is 0.369 e. The van der Waals surface area contributed by atoms with E-state index in [2.05, 4.69) is 45.7 Å². The molecule has 0 spiro atoms. The van der Waals surface area contributed by atoms with Crippen molar-refractivity contribution < 1.29 is 4.79 Å². The maximum Gasteiger partial charge on any atom is 0.323 e. The molecule has 5 nitrogen and oxygen atoms in total. The molecular formula is C20H30N4O. The number of urea groups is 1. The van der Waals surface area contributed by atoms with E-state index >= 15 is 0 Å². The van der Waals surface area contributed by atoms with Crippen molar-refractivity contribution in [1.29, 1.82) is 0 Å². The summed E-state index contributed by atoms with van der Waals surface area (Å²) in [5.41, 5.74) is 2.04. The Kier molecular flexibility index (Phi) is 6.34. The minimum absolute atomic E-state index is 0.181. The Morgan fingerprint density at radius 2 is 1.72 bits per heavy atom. The Labute approximate surface area is 151 Å². The van der Waals surface area contributed by atoms with Gasteiger partial charge in [-0.25, -0.2) is 4.79 Å². The molecule has 2 amide bonds. The molecule has 25 heavy (non-hydrogen) atoms. The third-order valence-corrected chi connectivity index (χ3v) is 5.23. The van der Waals surface area contributed by atoms with E-state index in [1.165, 1.54) is 37.8 Å². The van der Waals surface area contributed by atoms with Crippen molar-refractivity contribution >= 4 is 17.4 Å². The van der Waals surface area contributed by atoms with Crippen LogP contribution in [0.15, 0.2) is 36.5 Å². The van der Waals surface area contributed by atoms with Crippen LogP contribution in [0.2, 0.25) is 0 Å². The highest BCUT2D eigenvalue weighted by molar-refractivity contribution is 5.90. The van der Waals surface area contributed by atoms with Gasteiger partial charge in [0, 0.05) is 43.8 Å². The molecule has 1 aromatic carbocycles. The van der Waals surface area contributed by atoms with Crippen LogP contribution >= 0.6 is 0 Å². The predicted octanol–water partition coefficient (Wildman–Crippen LogP) is 3.65. The zero-order valence-electron chi connectivity index (χ0n) is 15.2. The van der Waals surface area contributed by atoms with Crippen molar-refractivity contribution in [2.75, 3.05) is 43.4 Å². The summed E-state index contributed by atoms with van der Waals surface area (Å²) in [6, 6.07) is 7.92. The van der Waals surface area contributed by atoms with Gasteiger partial charge in [0.2, 0.25) is 0 Å². The van der Waals surface area contributed by atoms with Crippen molar-refractivity contribution in [2.24, 2.45) is 5.92 Å². The van der Waals surface area contributed by atoms with E-state index in [0.717, 1.165) is 31.9 Å². The fourth-order valence-corrected chi connectivity index (χ4v) is 3.57. The molecule has 1 heterocycles. The summed E-state index contributed by atoms with van der Waals surface area (Å²) >= 11 is 0. The molecule has 1 aliphatic carbocycles. The molecule has 2 N–H and O–H groups in total. The number of hydrogen-bond donors (Lipinski definition) is 2. The van der Waals surface area contributed by atoms with Crippen LogP contribution in [0.25, 0.3) is 0 Å². The Bertz CT molecular complexity index is 570. The average molecular weight is 342 g/mol. The van der Waals surface area contributed by atoms with Gasteiger partial charge in [-0.2, -0.15) is 0 Å². The van der Waals surface area contributed by atoms with Crippen LogP contribution in [0, 0.1) is 5.92 Å². The maximum absolute atomic E-state index is 12.0. The smallest absolute Gasteiger partial charge is 0.323 e. The number of piperazine rings is 1. The SMILES string of the molecule is CN1CCN(c2ccc(NC(=O)N/C=C/C3CCCCC3)cc2)CC1. The molecule has 2 aliphatic rings. The lowest BCUT2D eigenvalue weighted by atomic mass is 9.89. The number of likely N-dealkylation sites (N-methyl/N-ethyl adjacent to an activating group) is 1. The van der Waals surface area contributed by atoms with E-state index in [9.17, 15) is 4.79 Å². The van der Waals surface area contributed by atoms with Gasteiger partial charge in [0.25, 0.3) is 0 Å². The monoisotopic (exact) mass is 342 g/mol. The Morgan fingerprint density at radius 1 is 1.04 bits per heavy atom. The van der Waals surface area contributed by atoms with Crippen molar-refractivity contribution in [3.8, 4) is 0 Å². The summed E-state index contributed by atoms with van der Waals surface area (Å²) in [6.45, 7) is 4.29. The topological polar surface area (TPSA) is 47.6 Å². The normalized spacial score (nSPS) is 20.0. The summed E-state index contributed by atoms with van der Waals surface area (Å²) in [5, 5.41) is 5.70. The van der Waals surface area contributed by atoms with Gasteiger partial charge in [-0.15, -0.1) is 0 Å². The van der Waals surface area contributed by atoms with Crippen LogP contribution < -0.4 is 15.5 Å². The molecule has 0 aromatic heterocycles. The predicted molar refractivity (Wildman–Crippen MR) is 104 cm³/mol. The number of rotatable bonds is 4. The van der Waals surface area contributed by atoms with E-state index in [1.807, 2.05) is 12.1 Å². The number of nitrogens with zero attached hydrogens (tertiary/aromatic N) is 2. The average Bonchev–Trinajstić information content (AvgIpc) is 2.64. The van der Waals surface area contributed by atoms with Crippen LogP contribution in [0.4, 0.5) is 16.2 Å². The van der Waals surface area contributed by atoms with Gasteiger partial charge in [-0.3, -0.25) is 0 Å². The minimum atomic E-state index is -0.181. The highest BCUT2D eigenvalue weighted by atomic mass is 16.2. The first kappa shape index (κ1) is 17.8. The zero-order chi connectivity index (χ0) is 17.5. The molecule has 0 unspecified atom stereocenters. The zero-order valence-corrected chi connectivity index (χ0v) is 15.2. The second-order valence-electron chi connectivity index (χ2n) is 7.19. The van der Waals surface area contributed by atoms with Crippen LogP contribution in [-0.4, -0.2) is 44.2 Å². The number of hydrogen-bond acceptors (Lipinski definition) is 3. The van der Waals surface area contributed by atoms with Crippen LogP contribution in [0.5, 0.6) is 0 Å². The van der Waals surface area contributed by atoms with Gasteiger partial charge < -0.3 is 20.4 Å². The highest BCUT2D eigenvalue weighted by Gasteiger charge is 2.14. The molecule has 0 bridgehead atoms. The summed E-state index contributed by atoms with van der Waals surface area (Å²) in [6.07, 6.45) is 10.4. The standard InChI is InChI=1S/C20H30N4O/c1-23-13-15-24(16-14-23)19-9-7-18(8-10-19)22-20(25)21-12-11-17-5-3-2-4-6-17/h7-12,17H,2-6,13-16H2,1H3,(H2,21,22,25)/b12-11+. The molecule has 1 aliphatic heterocycles. The molecule has 1 saturated carbocycles. The van der Waals surface area contributed by atoms with E-state index in [4.69, 9.17) is 0 Å². The molecule has 0 atom stereocenters. The van der Waals surface area contributed by atoms with Crippen molar-refractivity contribution in [1.82, 2.24) is 10.2 Å². The van der Waals surface area contributed by atoms with E-state index in [-0.39, 0.29) is 6.03 Å². The van der Waals surface area contributed by atoms with Crippen molar-refractivity contribution in [3.05, 3.63) is 36.5 Å². The second kappa shape index (κ2) is 8.90. The van der Waals surface area contributed by atoms with Crippen molar-refractivity contribution in [2.45, 2.75) is 32.1 Å². The molecule has 5 heteroatoms. The summed E-state index contributed by atoms with van der Waals surface area (Å²) in [7, 11) is 2.16. The fourth-order valence-electron chi connectivity index (χ4n) is 3.57. The number of anilines is 2. The summed E-state index contributed by atoms with van der Waals surface area (Å²) in [5.74, 6) is 0.622. The Morgan fingerprint density at radius 3 is 2.40 bits per heavy atom. The molecular weight excluding hydrogens is 312 g/mol. The molecule has 0 radical (unpaired) electrons. The number of carbonyl (C=O) groups excluding carboxylic acids is 1. The molecule has 136 valence electrons. The molecule has 3 rings (SSSR count). The van der Waals surface area contributed by atoms with Gasteiger partial charge in [0.15, 0.2) is 0 Å². The van der Waals surface area contributed by atoms with Gasteiger partial charge in [-0.05, 0) is 50.1 Å². The molecule has 1 saturated heterocycles. The van der Waals surface area contributed by atoms with Gasteiger partial charge >= 0.3 is 6.03 Å². The lowest BCUT2D eigenvalue weighted by Crippen LogP contribution is -2.44. The number of benzene rings is 1. The Hall–Kier alpha value is -2.01. The number of amides is 2. The first-order valence-corrected chi connectivity index (χ1v) is 9.48. The first-order chi connectivity index (χ1) is 12.2. The number of allylic oxidation sites excluding steroid dienone is 1. The number of nitrogens with one attached hydrogen (secondary N) is 2. The summed E-state index contributed by atoms with van der Waals surface area (Å²) in [4.78, 5) is 16.7. The first-order valence-electron chi connectivity index (χ1n) is 9.48. The van der Waals surface area contributed by atoms with Crippen LogP contribution in [0.1, 0.15) is 32.1 Å². The number of carbonyl (C=O) groups is 1. The maximum atomic E-state index is 12.0. The second-order valence-corrected chi connectivity index (χ2v) is 7.19. The minimum Gasteiger partial charge on any atom is -0.369 e. The van der Waals surface area contributed by atoms with Crippen LogP contribution in [0.3, 0.4) is 0 Å². The third kappa shape index (κ3) is 5.49. The highest BCUT2D eigenvalue weighted by Crippen LogP contribution is 2.24. The fraction of sp³-hybridized carbons (Fsp3) is 0.550. The van der Waals surface area contributed by atoms with Gasteiger partial charge in [-0.1, -0.05) is 25.3 Å². The quantitative estimate of drug-likeness (QED) is 0.878. The molecule has 2 fully saturated rings. The van der Waals surface area contributed by atoms with Crippen LogP contribution in [-0.2, 0) is 0 Å². The van der Waals surface area contributed by atoms with Crippen molar-refractivity contribution in [3.63, 3.8) is 0 Å². The lowest BCUT2D eigenvalue weighted by Gasteiger charge is -2.34. The van der Waals surface area contributed by atoms with E-state index < -0.39 is 0 Å². The van der Waals surface area contributed by atoms with E-state index in [1.54, 1.807) is 6.20 Å².